The molecule has 0 saturated carbocycles. The van der Waals surface area contributed by atoms with Gasteiger partial charge in [-0.2, -0.15) is 5.26 Å². The molecule has 5 heteroatoms. The SMILES string of the molecule is C#CCOc1c(Cl)cc(C=C(C#N)c2ccccn2)cc1OC. The molecule has 0 saturated heterocycles. The zero-order chi connectivity index (χ0) is 16.7. The average molecular weight is 325 g/mol. The molecule has 1 aromatic carbocycles. The van der Waals surface area contributed by atoms with Crippen LogP contribution in [-0.4, -0.2) is 18.7 Å². The largest absolute Gasteiger partial charge is 0.493 e. The standard InChI is InChI=1S/C18H13ClN2O2/c1-3-8-23-18-15(19)10-13(11-17(18)22-2)9-14(12-20)16-6-4-5-7-21-16/h1,4-7,9-11H,8H2,2H3. The minimum absolute atomic E-state index is 0.0860. The summed E-state index contributed by atoms with van der Waals surface area (Å²) in [5, 5.41) is 9.69. The Hall–Kier alpha value is -2.95. The second kappa shape index (κ2) is 7.89. The molecule has 0 aliphatic heterocycles. The van der Waals surface area contributed by atoms with Crippen molar-refractivity contribution in [1.82, 2.24) is 4.98 Å². The number of pyridine rings is 1. The first-order valence-electron chi connectivity index (χ1n) is 6.66. The first-order chi connectivity index (χ1) is 11.2. The lowest BCUT2D eigenvalue weighted by molar-refractivity contribution is 0.331. The molecule has 0 aliphatic rings. The van der Waals surface area contributed by atoms with E-state index in [1.54, 1.807) is 36.5 Å². The van der Waals surface area contributed by atoms with E-state index < -0.39 is 0 Å². The summed E-state index contributed by atoms with van der Waals surface area (Å²) in [6.45, 7) is 0.0860. The minimum atomic E-state index is 0.0860. The van der Waals surface area contributed by atoms with E-state index >= 15 is 0 Å². The van der Waals surface area contributed by atoms with Crippen LogP contribution < -0.4 is 9.47 Å². The zero-order valence-corrected chi connectivity index (χ0v) is 13.2. The molecule has 0 atom stereocenters. The van der Waals surface area contributed by atoms with E-state index in [0.717, 1.165) is 0 Å². The fraction of sp³-hybridized carbons (Fsp3) is 0.111. The van der Waals surface area contributed by atoms with Crippen LogP contribution in [0.15, 0.2) is 36.5 Å². The number of methoxy groups -OCH3 is 1. The highest BCUT2D eigenvalue weighted by Crippen LogP contribution is 2.37. The first-order valence-corrected chi connectivity index (χ1v) is 7.04. The van der Waals surface area contributed by atoms with Crippen LogP contribution in [0.3, 0.4) is 0 Å². The molecule has 1 aromatic heterocycles. The van der Waals surface area contributed by atoms with Gasteiger partial charge in [0, 0.05) is 6.20 Å². The van der Waals surface area contributed by atoms with Gasteiger partial charge in [0.2, 0.25) is 0 Å². The number of benzene rings is 1. The molecule has 0 unspecified atom stereocenters. The molecule has 0 spiro atoms. The predicted octanol–water partition coefficient (Wildman–Crippen LogP) is 3.82. The summed E-state index contributed by atoms with van der Waals surface area (Å²) in [6.07, 6.45) is 8.50. The zero-order valence-electron chi connectivity index (χ0n) is 12.4. The van der Waals surface area contributed by atoms with Gasteiger partial charge in [-0.3, -0.25) is 4.98 Å². The van der Waals surface area contributed by atoms with E-state index in [4.69, 9.17) is 27.5 Å². The predicted molar refractivity (Wildman–Crippen MR) is 90.1 cm³/mol. The molecule has 0 amide bonds. The number of nitrogens with zero attached hydrogens (tertiary/aromatic N) is 2. The number of terminal acetylenes is 1. The van der Waals surface area contributed by atoms with E-state index in [1.165, 1.54) is 7.11 Å². The molecule has 0 bridgehead atoms. The highest BCUT2D eigenvalue weighted by atomic mass is 35.5. The van der Waals surface area contributed by atoms with Crippen LogP contribution in [0.5, 0.6) is 11.5 Å². The summed E-state index contributed by atoms with van der Waals surface area (Å²) >= 11 is 6.22. The van der Waals surface area contributed by atoms with Gasteiger partial charge in [-0.15, -0.1) is 6.42 Å². The fourth-order valence-electron chi connectivity index (χ4n) is 1.93. The Labute approximate surface area is 139 Å². The summed E-state index contributed by atoms with van der Waals surface area (Å²) in [7, 11) is 1.51. The normalized spacial score (nSPS) is 10.5. The number of ether oxygens (including phenoxy) is 2. The summed E-state index contributed by atoms with van der Waals surface area (Å²) in [4.78, 5) is 4.17. The summed E-state index contributed by atoms with van der Waals surface area (Å²) in [5.74, 6) is 3.19. The van der Waals surface area contributed by atoms with Crippen LogP contribution in [-0.2, 0) is 0 Å². The number of hydrogen-bond acceptors (Lipinski definition) is 4. The minimum Gasteiger partial charge on any atom is -0.493 e. The lowest BCUT2D eigenvalue weighted by Crippen LogP contribution is -1.98. The third-order valence-electron chi connectivity index (χ3n) is 2.92. The van der Waals surface area contributed by atoms with Crippen molar-refractivity contribution in [2.24, 2.45) is 0 Å². The van der Waals surface area contributed by atoms with Crippen LogP contribution in [0, 0.1) is 23.7 Å². The Bertz CT molecular complexity index is 802. The highest BCUT2D eigenvalue weighted by molar-refractivity contribution is 6.32. The van der Waals surface area contributed by atoms with Crippen LogP contribution in [0.25, 0.3) is 11.6 Å². The molecule has 0 N–H and O–H groups in total. The Balaban J connectivity index is 2.44. The number of allylic oxidation sites excluding steroid dienone is 1. The quantitative estimate of drug-likeness (QED) is 0.619. The monoisotopic (exact) mass is 324 g/mol. The average Bonchev–Trinajstić information content (AvgIpc) is 2.59. The number of hydrogen-bond donors (Lipinski definition) is 0. The van der Waals surface area contributed by atoms with E-state index in [0.29, 0.717) is 33.4 Å². The van der Waals surface area contributed by atoms with E-state index in [1.807, 2.05) is 6.07 Å². The number of halogens is 1. The van der Waals surface area contributed by atoms with Gasteiger partial charge in [0.05, 0.1) is 23.4 Å². The molecule has 0 fully saturated rings. The molecular formula is C18H13ClN2O2. The Morgan fingerprint density at radius 2 is 2.26 bits per heavy atom. The maximum Gasteiger partial charge on any atom is 0.181 e. The summed E-state index contributed by atoms with van der Waals surface area (Å²) in [6, 6.07) is 10.9. The van der Waals surface area contributed by atoms with Crippen LogP contribution in [0.1, 0.15) is 11.3 Å². The molecule has 4 nitrogen and oxygen atoms in total. The van der Waals surface area contributed by atoms with Crippen LogP contribution >= 0.6 is 11.6 Å². The molecule has 1 heterocycles. The van der Waals surface area contributed by atoms with Gasteiger partial charge in [0.15, 0.2) is 11.5 Å². The smallest absolute Gasteiger partial charge is 0.181 e. The summed E-state index contributed by atoms with van der Waals surface area (Å²) < 4.78 is 10.7. The topological polar surface area (TPSA) is 55.1 Å². The Morgan fingerprint density at radius 3 is 2.87 bits per heavy atom. The third-order valence-corrected chi connectivity index (χ3v) is 3.20. The highest BCUT2D eigenvalue weighted by Gasteiger charge is 2.12. The number of aromatic nitrogens is 1. The third kappa shape index (κ3) is 4.03. The molecule has 0 aliphatic carbocycles. The molecule has 114 valence electrons. The van der Waals surface area contributed by atoms with Crippen molar-refractivity contribution < 1.29 is 9.47 Å². The van der Waals surface area contributed by atoms with Crippen LogP contribution in [0.4, 0.5) is 0 Å². The van der Waals surface area contributed by atoms with Gasteiger partial charge in [0.25, 0.3) is 0 Å². The van der Waals surface area contributed by atoms with Crippen LogP contribution in [0.2, 0.25) is 5.02 Å². The van der Waals surface area contributed by atoms with E-state index in [-0.39, 0.29) is 6.61 Å². The van der Waals surface area contributed by atoms with Gasteiger partial charge in [-0.1, -0.05) is 23.6 Å². The van der Waals surface area contributed by atoms with Crippen molar-refractivity contribution in [3.63, 3.8) is 0 Å². The van der Waals surface area contributed by atoms with Crippen molar-refractivity contribution in [2.45, 2.75) is 0 Å². The second-order valence-corrected chi connectivity index (χ2v) is 4.82. The Morgan fingerprint density at radius 1 is 1.43 bits per heavy atom. The first kappa shape index (κ1) is 16.4. The Kier molecular flexibility index (Phi) is 5.63. The maximum absolute atomic E-state index is 9.34. The lowest BCUT2D eigenvalue weighted by Gasteiger charge is -2.11. The van der Waals surface area contributed by atoms with Crippen molar-refractivity contribution in [2.75, 3.05) is 13.7 Å². The molecule has 2 rings (SSSR count). The van der Waals surface area contributed by atoms with Gasteiger partial charge < -0.3 is 9.47 Å². The second-order valence-electron chi connectivity index (χ2n) is 4.41. The molecular weight excluding hydrogens is 312 g/mol. The molecule has 23 heavy (non-hydrogen) atoms. The number of nitriles is 1. The van der Waals surface area contributed by atoms with E-state index in [9.17, 15) is 5.26 Å². The fourth-order valence-corrected chi connectivity index (χ4v) is 2.20. The van der Waals surface area contributed by atoms with E-state index in [2.05, 4.69) is 17.0 Å². The van der Waals surface area contributed by atoms with Crippen molar-refractivity contribution in [3.8, 4) is 29.9 Å². The van der Waals surface area contributed by atoms with Gasteiger partial charge in [-0.05, 0) is 35.9 Å². The number of rotatable bonds is 5. The van der Waals surface area contributed by atoms with Gasteiger partial charge >= 0.3 is 0 Å². The van der Waals surface area contributed by atoms with Gasteiger partial charge in [0.1, 0.15) is 12.7 Å². The van der Waals surface area contributed by atoms with Crippen molar-refractivity contribution in [1.29, 1.82) is 5.26 Å². The van der Waals surface area contributed by atoms with Crippen molar-refractivity contribution >= 4 is 23.3 Å². The van der Waals surface area contributed by atoms with Gasteiger partial charge in [-0.25, -0.2) is 0 Å². The lowest BCUT2D eigenvalue weighted by atomic mass is 10.1. The molecule has 2 aromatic rings. The maximum atomic E-state index is 9.34. The summed E-state index contributed by atoms with van der Waals surface area (Å²) in [5.41, 5.74) is 1.70. The van der Waals surface area contributed by atoms with Crippen molar-refractivity contribution in [3.05, 3.63) is 52.8 Å². The molecule has 0 radical (unpaired) electrons.